The van der Waals surface area contributed by atoms with Crippen molar-refractivity contribution in [1.29, 1.82) is 0 Å². The summed E-state index contributed by atoms with van der Waals surface area (Å²) in [7, 11) is 0. The molecule has 1 heterocycles. The van der Waals surface area contributed by atoms with E-state index in [2.05, 4.69) is 0 Å². The van der Waals surface area contributed by atoms with Gasteiger partial charge in [0.25, 0.3) is 5.56 Å². The first-order chi connectivity index (χ1) is 10.9. The highest BCUT2D eigenvalue weighted by Gasteiger charge is 2.17. The molecule has 0 N–H and O–H groups in total. The lowest BCUT2D eigenvalue weighted by Gasteiger charge is -2.15. The summed E-state index contributed by atoms with van der Waals surface area (Å²) in [5.74, 6) is -2.36. The average molecular weight is 338 g/mol. The van der Waals surface area contributed by atoms with E-state index in [1.807, 2.05) is 0 Å². The highest BCUT2D eigenvalue weighted by Crippen LogP contribution is 2.26. The third kappa shape index (κ3) is 2.51. The van der Waals surface area contributed by atoms with E-state index in [1.165, 1.54) is 18.2 Å². The molecule has 0 aliphatic heterocycles. The van der Waals surface area contributed by atoms with Crippen molar-refractivity contribution >= 4 is 22.4 Å². The smallest absolute Gasteiger partial charge is 0.264 e. The van der Waals surface area contributed by atoms with Crippen LogP contribution in [0.3, 0.4) is 0 Å². The average Bonchev–Trinajstić information content (AvgIpc) is 2.51. The SMILES string of the molecule is CCc1cc2ccc(F)c(Cl)c2c(=O)n1-c1ccc(F)cc1F. The van der Waals surface area contributed by atoms with Crippen LogP contribution in [0.1, 0.15) is 12.6 Å². The predicted molar refractivity (Wildman–Crippen MR) is 83.8 cm³/mol. The molecular weight excluding hydrogens is 327 g/mol. The predicted octanol–water partition coefficient (Wildman–Crippen LogP) is 4.62. The number of hydrogen-bond donors (Lipinski definition) is 0. The first-order valence-electron chi connectivity index (χ1n) is 6.92. The second-order valence-electron chi connectivity index (χ2n) is 5.05. The van der Waals surface area contributed by atoms with Gasteiger partial charge in [-0.3, -0.25) is 9.36 Å². The molecule has 0 saturated carbocycles. The summed E-state index contributed by atoms with van der Waals surface area (Å²) in [6.07, 6.45) is 0.428. The molecule has 0 bridgehead atoms. The Hall–Kier alpha value is -2.27. The minimum absolute atomic E-state index is 0.0346. The van der Waals surface area contributed by atoms with E-state index in [1.54, 1.807) is 13.0 Å². The van der Waals surface area contributed by atoms with E-state index in [-0.39, 0.29) is 16.1 Å². The number of hydrogen-bond acceptors (Lipinski definition) is 1. The number of pyridine rings is 1. The summed E-state index contributed by atoms with van der Waals surface area (Å²) in [5.41, 5.74) is -0.236. The molecule has 3 aromatic rings. The summed E-state index contributed by atoms with van der Waals surface area (Å²) >= 11 is 5.91. The van der Waals surface area contributed by atoms with Gasteiger partial charge < -0.3 is 0 Å². The van der Waals surface area contributed by atoms with Gasteiger partial charge in [0.15, 0.2) is 0 Å². The number of aromatic nitrogens is 1. The van der Waals surface area contributed by atoms with Crippen molar-refractivity contribution in [3.8, 4) is 5.69 Å². The minimum Gasteiger partial charge on any atom is -0.278 e. The van der Waals surface area contributed by atoms with Gasteiger partial charge >= 0.3 is 0 Å². The summed E-state index contributed by atoms with van der Waals surface area (Å²) in [6, 6.07) is 7.18. The Morgan fingerprint density at radius 1 is 1.04 bits per heavy atom. The number of benzene rings is 2. The molecule has 0 saturated heterocycles. The second kappa shape index (κ2) is 5.74. The number of aryl methyl sites for hydroxylation is 1. The van der Waals surface area contributed by atoms with Crippen molar-refractivity contribution in [2.75, 3.05) is 0 Å². The fourth-order valence-electron chi connectivity index (χ4n) is 2.58. The monoisotopic (exact) mass is 337 g/mol. The quantitative estimate of drug-likeness (QED) is 0.668. The van der Waals surface area contributed by atoms with Crippen LogP contribution >= 0.6 is 11.6 Å². The molecule has 0 atom stereocenters. The molecule has 0 amide bonds. The second-order valence-corrected chi connectivity index (χ2v) is 5.43. The summed E-state index contributed by atoms with van der Waals surface area (Å²) in [5, 5.41) is 0.121. The Bertz CT molecular complexity index is 982. The molecule has 6 heteroatoms. The standard InChI is InChI=1S/C17H11ClF3NO/c1-2-11-7-9-3-5-12(20)16(18)15(9)17(23)22(11)14-6-4-10(19)8-13(14)21/h3-8H,2H2,1H3. The van der Waals surface area contributed by atoms with E-state index < -0.39 is 23.0 Å². The largest absolute Gasteiger partial charge is 0.278 e. The molecule has 118 valence electrons. The van der Waals surface area contributed by atoms with Crippen LogP contribution in [0.25, 0.3) is 16.5 Å². The normalized spacial score (nSPS) is 11.2. The zero-order chi connectivity index (χ0) is 16.7. The maximum absolute atomic E-state index is 14.1. The topological polar surface area (TPSA) is 22.0 Å². The van der Waals surface area contributed by atoms with Crippen molar-refractivity contribution in [3.05, 3.63) is 74.9 Å². The molecule has 2 aromatic carbocycles. The van der Waals surface area contributed by atoms with Crippen LogP contribution < -0.4 is 5.56 Å². The zero-order valence-corrected chi connectivity index (χ0v) is 12.8. The number of halogens is 4. The molecular formula is C17H11ClF3NO. The zero-order valence-electron chi connectivity index (χ0n) is 12.0. The molecule has 0 aliphatic rings. The van der Waals surface area contributed by atoms with Gasteiger partial charge in [0.1, 0.15) is 17.5 Å². The van der Waals surface area contributed by atoms with Crippen LogP contribution in [0.2, 0.25) is 5.02 Å². The molecule has 0 fully saturated rings. The van der Waals surface area contributed by atoms with Gasteiger partial charge in [-0.2, -0.15) is 0 Å². The first kappa shape index (κ1) is 15.6. The molecule has 0 aliphatic carbocycles. The Labute approximate surface area is 134 Å². The molecule has 23 heavy (non-hydrogen) atoms. The molecule has 0 radical (unpaired) electrons. The van der Waals surface area contributed by atoms with Gasteiger partial charge in [-0.25, -0.2) is 13.2 Å². The molecule has 0 spiro atoms. The molecule has 3 rings (SSSR count). The van der Waals surface area contributed by atoms with Crippen molar-refractivity contribution in [1.82, 2.24) is 4.57 Å². The van der Waals surface area contributed by atoms with E-state index in [9.17, 15) is 18.0 Å². The third-order valence-electron chi connectivity index (χ3n) is 3.67. The van der Waals surface area contributed by atoms with E-state index in [4.69, 9.17) is 11.6 Å². The maximum atomic E-state index is 14.1. The van der Waals surface area contributed by atoms with Crippen LogP contribution in [0, 0.1) is 17.5 Å². The Balaban J connectivity index is 2.47. The van der Waals surface area contributed by atoms with Crippen LogP contribution in [0.15, 0.2) is 41.2 Å². The first-order valence-corrected chi connectivity index (χ1v) is 7.30. The van der Waals surface area contributed by atoms with E-state index in [0.717, 1.165) is 10.6 Å². The minimum atomic E-state index is -0.881. The van der Waals surface area contributed by atoms with Crippen molar-refractivity contribution in [3.63, 3.8) is 0 Å². The Morgan fingerprint density at radius 2 is 1.78 bits per heavy atom. The Kier molecular flexibility index (Phi) is 3.90. The summed E-state index contributed by atoms with van der Waals surface area (Å²) < 4.78 is 42.0. The van der Waals surface area contributed by atoms with Crippen LogP contribution in [0.5, 0.6) is 0 Å². The van der Waals surface area contributed by atoms with Gasteiger partial charge in [-0.05, 0) is 36.1 Å². The van der Waals surface area contributed by atoms with Crippen LogP contribution in [0.4, 0.5) is 13.2 Å². The van der Waals surface area contributed by atoms with Crippen LogP contribution in [-0.2, 0) is 6.42 Å². The van der Waals surface area contributed by atoms with Gasteiger partial charge in [0.05, 0.1) is 16.1 Å². The van der Waals surface area contributed by atoms with Crippen molar-refractivity contribution < 1.29 is 13.2 Å². The van der Waals surface area contributed by atoms with Gasteiger partial charge in [-0.15, -0.1) is 0 Å². The van der Waals surface area contributed by atoms with E-state index >= 15 is 0 Å². The fraction of sp³-hybridized carbons (Fsp3) is 0.118. The third-order valence-corrected chi connectivity index (χ3v) is 4.04. The fourth-order valence-corrected chi connectivity index (χ4v) is 2.83. The van der Waals surface area contributed by atoms with Crippen molar-refractivity contribution in [2.45, 2.75) is 13.3 Å². The highest BCUT2D eigenvalue weighted by molar-refractivity contribution is 6.35. The summed E-state index contributed by atoms with van der Waals surface area (Å²) in [4.78, 5) is 12.8. The van der Waals surface area contributed by atoms with Gasteiger partial charge in [0, 0.05) is 11.8 Å². The highest BCUT2D eigenvalue weighted by atomic mass is 35.5. The van der Waals surface area contributed by atoms with E-state index in [0.29, 0.717) is 23.6 Å². The van der Waals surface area contributed by atoms with Crippen LogP contribution in [-0.4, -0.2) is 4.57 Å². The lowest BCUT2D eigenvalue weighted by molar-refractivity contribution is 0.575. The lowest BCUT2D eigenvalue weighted by atomic mass is 10.1. The summed E-state index contributed by atoms with van der Waals surface area (Å²) in [6.45, 7) is 1.80. The number of rotatable bonds is 2. The molecule has 2 nitrogen and oxygen atoms in total. The maximum Gasteiger partial charge on any atom is 0.264 e. The van der Waals surface area contributed by atoms with Gasteiger partial charge in [0.2, 0.25) is 0 Å². The number of fused-ring (bicyclic) bond motifs is 1. The molecule has 1 aromatic heterocycles. The molecule has 0 unspecified atom stereocenters. The lowest BCUT2D eigenvalue weighted by Crippen LogP contribution is -2.23. The van der Waals surface area contributed by atoms with Gasteiger partial charge in [-0.1, -0.05) is 24.6 Å². The van der Waals surface area contributed by atoms with Crippen molar-refractivity contribution in [2.24, 2.45) is 0 Å². The number of nitrogens with zero attached hydrogens (tertiary/aromatic N) is 1. The Morgan fingerprint density at radius 3 is 2.43 bits per heavy atom.